The standard InChI is InChI=1S/C14H24N2OS/c1-9-10(15)7-11(18-9)12(17)16-14(5,6)8-13(2,3)4/h7H,8,15H2,1-6H3,(H,16,17). The minimum absolute atomic E-state index is 0.0333. The summed E-state index contributed by atoms with van der Waals surface area (Å²) in [4.78, 5) is 13.8. The molecule has 0 saturated heterocycles. The third-order valence-electron chi connectivity index (χ3n) is 2.60. The van der Waals surface area contributed by atoms with E-state index in [4.69, 9.17) is 5.73 Å². The van der Waals surface area contributed by atoms with E-state index in [2.05, 4.69) is 39.9 Å². The van der Waals surface area contributed by atoms with Gasteiger partial charge in [0.05, 0.1) is 4.88 Å². The average Bonchev–Trinajstić information content (AvgIpc) is 2.41. The largest absolute Gasteiger partial charge is 0.398 e. The molecule has 3 N–H and O–H groups in total. The zero-order valence-electron chi connectivity index (χ0n) is 12.2. The molecule has 4 heteroatoms. The van der Waals surface area contributed by atoms with Crippen LogP contribution in [0.1, 0.15) is 55.6 Å². The smallest absolute Gasteiger partial charge is 0.261 e. The molecule has 1 aromatic rings. The normalized spacial score (nSPS) is 12.6. The molecule has 0 radical (unpaired) electrons. The number of rotatable bonds is 3. The van der Waals surface area contributed by atoms with Gasteiger partial charge in [-0.25, -0.2) is 0 Å². The number of nitrogens with one attached hydrogen (secondary N) is 1. The number of hydrogen-bond acceptors (Lipinski definition) is 3. The fourth-order valence-corrected chi connectivity index (χ4v) is 3.18. The van der Waals surface area contributed by atoms with E-state index in [9.17, 15) is 4.79 Å². The average molecular weight is 268 g/mol. The Bertz CT molecular complexity index is 422. The second-order valence-corrected chi connectivity index (χ2v) is 7.95. The summed E-state index contributed by atoms with van der Waals surface area (Å²) >= 11 is 1.44. The lowest BCUT2D eigenvalue weighted by molar-refractivity contribution is 0.0895. The molecule has 0 aliphatic heterocycles. The first-order chi connectivity index (χ1) is 8.00. The van der Waals surface area contributed by atoms with E-state index in [0.29, 0.717) is 10.6 Å². The van der Waals surface area contributed by atoms with E-state index < -0.39 is 0 Å². The maximum absolute atomic E-state index is 12.2. The molecule has 102 valence electrons. The molecule has 0 aliphatic rings. The van der Waals surface area contributed by atoms with Crippen LogP contribution in [-0.2, 0) is 0 Å². The number of nitrogen functional groups attached to an aromatic ring is 1. The zero-order valence-corrected chi connectivity index (χ0v) is 13.0. The maximum atomic E-state index is 12.2. The summed E-state index contributed by atoms with van der Waals surface area (Å²) in [7, 11) is 0. The molecular weight excluding hydrogens is 244 g/mol. The molecule has 1 rings (SSSR count). The van der Waals surface area contributed by atoms with Gasteiger partial charge in [0.2, 0.25) is 0 Å². The topological polar surface area (TPSA) is 55.1 Å². The van der Waals surface area contributed by atoms with Crippen LogP contribution in [0.25, 0.3) is 0 Å². The minimum atomic E-state index is -0.220. The quantitative estimate of drug-likeness (QED) is 0.880. The van der Waals surface area contributed by atoms with Crippen molar-refractivity contribution in [2.45, 2.75) is 53.5 Å². The van der Waals surface area contributed by atoms with Crippen molar-refractivity contribution >= 4 is 22.9 Å². The molecule has 0 bridgehead atoms. The molecule has 1 heterocycles. The van der Waals surface area contributed by atoms with Crippen LogP contribution in [0, 0.1) is 12.3 Å². The predicted octanol–water partition coefficient (Wildman–Crippen LogP) is 3.58. The van der Waals surface area contributed by atoms with Crippen LogP contribution in [0.5, 0.6) is 0 Å². The summed E-state index contributed by atoms with van der Waals surface area (Å²) in [6, 6.07) is 1.75. The van der Waals surface area contributed by atoms with Gasteiger partial charge in [-0.05, 0) is 38.7 Å². The Balaban J connectivity index is 2.75. The van der Waals surface area contributed by atoms with E-state index >= 15 is 0 Å². The summed E-state index contributed by atoms with van der Waals surface area (Å²) in [5, 5.41) is 3.09. The molecule has 0 atom stereocenters. The van der Waals surface area contributed by atoms with Gasteiger partial charge >= 0.3 is 0 Å². The lowest BCUT2D eigenvalue weighted by Gasteiger charge is -2.33. The Morgan fingerprint density at radius 1 is 1.33 bits per heavy atom. The number of hydrogen-bond donors (Lipinski definition) is 2. The van der Waals surface area contributed by atoms with Gasteiger partial charge in [-0.1, -0.05) is 20.8 Å². The third-order valence-corrected chi connectivity index (χ3v) is 3.67. The van der Waals surface area contributed by atoms with E-state index in [1.54, 1.807) is 6.07 Å². The van der Waals surface area contributed by atoms with Crippen molar-refractivity contribution in [2.24, 2.45) is 5.41 Å². The number of amides is 1. The molecule has 0 saturated carbocycles. The lowest BCUT2D eigenvalue weighted by atomic mass is 9.82. The molecule has 0 aliphatic carbocycles. The summed E-state index contributed by atoms with van der Waals surface area (Å²) in [6.07, 6.45) is 0.922. The van der Waals surface area contributed by atoms with Crippen LogP contribution < -0.4 is 11.1 Å². The second kappa shape index (κ2) is 4.92. The number of carbonyl (C=O) groups is 1. The van der Waals surface area contributed by atoms with Crippen molar-refractivity contribution in [3.05, 3.63) is 15.8 Å². The van der Waals surface area contributed by atoms with Gasteiger partial charge in [0.25, 0.3) is 5.91 Å². The summed E-state index contributed by atoms with van der Waals surface area (Å²) < 4.78 is 0. The first-order valence-electron chi connectivity index (χ1n) is 6.19. The monoisotopic (exact) mass is 268 g/mol. The summed E-state index contributed by atoms with van der Waals surface area (Å²) in [5.74, 6) is -0.0333. The second-order valence-electron chi connectivity index (χ2n) is 6.70. The molecule has 0 fully saturated rings. The van der Waals surface area contributed by atoms with Gasteiger partial charge in [0, 0.05) is 16.1 Å². The predicted molar refractivity (Wildman–Crippen MR) is 79.1 cm³/mol. The Labute approximate surface area is 114 Å². The van der Waals surface area contributed by atoms with Crippen LogP contribution in [0.3, 0.4) is 0 Å². The SMILES string of the molecule is Cc1sc(C(=O)NC(C)(C)CC(C)(C)C)cc1N. The molecule has 1 aromatic heterocycles. The highest BCUT2D eigenvalue weighted by Gasteiger charge is 2.27. The van der Waals surface area contributed by atoms with Gasteiger partial charge in [0.1, 0.15) is 0 Å². The molecular formula is C14H24N2OS. The highest BCUT2D eigenvalue weighted by Crippen LogP contribution is 2.28. The third kappa shape index (κ3) is 4.33. The fraction of sp³-hybridized carbons (Fsp3) is 0.643. The number of anilines is 1. The summed E-state index contributed by atoms with van der Waals surface area (Å²) in [5.41, 5.74) is 6.43. The first-order valence-corrected chi connectivity index (χ1v) is 7.00. The molecule has 3 nitrogen and oxygen atoms in total. The highest BCUT2D eigenvalue weighted by molar-refractivity contribution is 7.14. The molecule has 0 aromatic carbocycles. The fourth-order valence-electron chi connectivity index (χ4n) is 2.35. The van der Waals surface area contributed by atoms with Crippen molar-refractivity contribution in [2.75, 3.05) is 5.73 Å². The van der Waals surface area contributed by atoms with Crippen molar-refractivity contribution in [1.29, 1.82) is 0 Å². The Kier molecular flexibility index (Phi) is 4.11. The van der Waals surface area contributed by atoms with Gasteiger partial charge in [0.15, 0.2) is 0 Å². The van der Waals surface area contributed by atoms with Crippen molar-refractivity contribution in [1.82, 2.24) is 5.32 Å². The van der Waals surface area contributed by atoms with E-state index in [0.717, 1.165) is 11.3 Å². The van der Waals surface area contributed by atoms with Crippen LogP contribution in [0.15, 0.2) is 6.07 Å². The Morgan fingerprint density at radius 2 is 1.89 bits per heavy atom. The first kappa shape index (κ1) is 15.0. The number of carbonyl (C=O) groups excluding carboxylic acids is 1. The number of aryl methyl sites for hydroxylation is 1. The van der Waals surface area contributed by atoms with Crippen molar-refractivity contribution < 1.29 is 4.79 Å². The molecule has 0 unspecified atom stereocenters. The van der Waals surface area contributed by atoms with Crippen LogP contribution in [0.2, 0.25) is 0 Å². The Morgan fingerprint density at radius 3 is 2.28 bits per heavy atom. The molecule has 18 heavy (non-hydrogen) atoms. The van der Waals surface area contributed by atoms with Gasteiger partial charge in [-0.2, -0.15) is 0 Å². The molecule has 1 amide bonds. The van der Waals surface area contributed by atoms with E-state index in [1.807, 2.05) is 6.92 Å². The van der Waals surface area contributed by atoms with Gasteiger partial charge < -0.3 is 11.1 Å². The number of thiophene rings is 1. The maximum Gasteiger partial charge on any atom is 0.261 e. The van der Waals surface area contributed by atoms with Crippen LogP contribution in [0.4, 0.5) is 5.69 Å². The summed E-state index contributed by atoms with van der Waals surface area (Å²) in [6.45, 7) is 12.6. The van der Waals surface area contributed by atoms with Crippen molar-refractivity contribution in [3.63, 3.8) is 0 Å². The van der Waals surface area contributed by atoms with E-state index in [-0.39, 0.29) is 16.9 Å². The van der Waals surface area contributed by atoms with Crippen molar-refractivity contribution in [3.8, 4) is 0 Å². The van der Waals surface area contributed by atoms with Gasteiger partial charge in [-0.15, -0.1) is 11.3 Å². The molecule has 0 spiro atoms. The van der Waals surface area contributed by atoms with Gasteiger partial charge in [-0.3, -0.25) is 4.79 Å². The van der Waals surface area contributed by atoms with Crippen LogP contribution in [-0.4, -0.2) is 11.4 Å². The number of nitrogens with two attached hydrogens (primary N) is 1. The lowest BCUT2D eigenvalue weighted by Crippen LogP contribution is -2.45. The Hall–Kier alpha value is -1.03. The highest BCUT2D eigenvalue weighted by atomic mass is 32.1. The van der Waals surface area contributed by atoms with Crippen LogP contribution >= 0.6 is 11.3 Å². The van der Waals surface area contributed by atoms with E-state index in [1.165, 1.54) is 11.3 Å². The minimum Gasteiger partial charge on any atom is -0.398 e. The zero-order chi connectivity index (χ0) is 14.1.